The lowest BCUT2D eigenvalue weighted by Gasteiger charge is -2.35. The van der Waals surface area contributed by atoms with Gasteiger partial charge in [-0.2, -0.15) is 0 Å². The Hall–Kier alpha value is -2.34. The monoisotopic (exact) mass is 329 g/mol. The van der Waals surface area contributed by atoms with Gasteiger partial charge in [-0.25, -0.2) is 0 Å². The molecule has 0 bridgehead atoms. The summed E-state index contributed by atoms with van der Waals surface area (Å²) in [6.45, 7) is 5.48. The molecule has 1 aromatic heterocycles. The number of aromatic amines is 1. The normalized spacial score (nSPS) is 21.0. The first-order chi connectivity index (χ1) is 11.5. The molecular weight excluding hydrogens is 306 g/mol. The fourth-order valence-corrected chi connectivity index (χ4v) is 3.11. The van der Waals surface area contributed by atoms with Gasteiger partial charge in [0.1, 0.15) is 5.69 Å². The molecule has 1 fully saturated rings. The van der Waals surface area contributed by atoms with Crippen molar-refractivity contribution in [3.05, 3.63) is 36.0 Å². The first kappa shape index (κ1) is 16.5. The predicted molar refractivity (Wildman–Crippen MR) is 91.8 cm³/mol. The summed E-state index contributed by atoms with van der Waals surface area (Å²) >= 11 is 0. The number of H-pyrrole nitrogens is 1. The minimum Gasteiger partial charge on any atom is -0.372 e. The summed E-state index contributed by atoms with van der Waals surface area (Å²) in [5, 5.41) is 3.80. The van der Waals surface area contributed by atoms with Crippen LogP contribution in [0.2, 0.25) is 0 Å². The van der Waals surface area contributed by atoms with E-state index in [-0.39, 0.29) is 24.0 Å². The molecule has 0 radical (unpaired) electrons. The fourth-order valence-electron chi connectivity index (χ4n) is 3.11. The van der Waals surface area contributed by atoms with Crippen molar-refractivity contribution in [3.63, 3.8) is 0 Å². The van der Waals surface area contributed by atoms with Crippen LogP contribution in [0.5, 0.6) is 0 Å². The number of amides is 2. The number of carbonyl (C=O) groups is 2. The number of hydrogen-bond acceptors (Lipinski definition) is 3. The molecule has 2 aromatic rings. The molecule has 2 heterocycles. The Bertz CT molecular complexity index is 697. The Balaban J connectivity index is 1.50. The van der Waals surface area contributed by atoms with Crippen LogP contribution in [0.15, 0.2) is 30.3 Å². The smallest absolute Gasteiger partial charge is 0.267 e. The molecule has 0 unspecified atom stereocenters. The molecule has 2 atom stereocenters. The quantitative estimate of drug-likeness (QED) is 0.900. The molecular formula is C18H23N3O3. The highest BCUT2D eigenvalue weighted by molar-refractivity contribution is 5.98. The molecule has 2 amide bonds. The van der Waals surface area contributed by atoms with Crippen molar-refractivity contribution in [2.24, 2.45) is 0 Å². The molecule has 2 N–H and O–H groups in total. The van der Waals surface area contributed by atoms with Gasteiger partial charge >= 0.3 is 0 Å². The molecule has 0 aliphatic carbocycles. The number of para-hydroxylation sites is 1. The van der Waals surface area contributed by atoms with E-state index in [1.165, 1.54) is 0 Å². The Morgan fingerprint density at radius 2 is 1.96 bits per heavy atom. The maximum atomic E-state index is 12.3. The van der Waals surface area contributed by atoms with E-state index in [2.05, 4.69) is 10.3 Å². The minimum absolute atomic E-state index is 0.0500. The first-order valence-corrected chi connectivity index (χ1v) is 8.32. The van der Waals surface area contributed by atoms with Crippen molar-refractivity contribution in [2.75, 3.05) is 19.6 Å². The highest BCUT2D eigenvalue weighted by Crippen LogP contribution is 2.14. The van der Waals surface area contributed by atoms with Crippen molar-refractivity contribution in [1.29, 1.82) is 0 Å². The number of rotatable bonds is 4. The van der Waals surface area contributed by atoms with E-state index in [0.717, 1.165) is 10.9 Å². The van der Waals surface area contributed by atoms with Gasteiger partial charge in [-0.1, -0.05) is 18.2 Å². The lowest BCUT2D eigenvalue weighted by molar-refractivity contribution is -0.143. The molecule has 128 valence electrons. The molecule has 3 rings (SSSR count). The number of carbonyl (C=O) groups excluding carboxylic acids is 2. The number of fused-ring (bicyclic) bond motifs is 1. The van der Waals surface area contributed by atoms with E-state index in [4.69, 9.17) is 4.74 Å². The molecule has 0 saturated carbocycles. The summed E-state index contributed by atoms with van der Waals surface area (Å²) < 4.78 is 5.63. The van der Waals surface area contributed by atoms with Crippen LogP contribution in [0.1, 0.15) is 30.8 Å². The third-order valence-corrected chi connectivity index (χ3v) is 4.17. The van der Waals surface area contributed by atoms with E-state index >= 15 is 0 Å². The average molecular weight is 329 g/mol. The summed E-state index contributed by atoms with van der Waals surface area (Å²) in [6, 6.07) is 9.55. The van der Waals surface area contributed by atoms with Crippen LogP contribution in [-0.2, 0) is 9.53 Å². The van der Waals surface area contributed by atoms with Crippen molar-refractivity contribution in [3.8, 4) is 0 Å². The number of nitrogens with one attached hydrogen (secondary N) is 2. The number of benzene rings is 1. The van der Waals surface area contributed by atoms with Crippen LogP contribution >= 0.6 is 0 Å². The molecule has 6 heteroatoms. The standard InChI is InChI=1S/C18H23N3O3/c1-12-10-21(11-13(2)24-12)17(22)7-8-19-18(23)16-9-14-5-3-4-6-15(14)20-16/h3-6,9,12-13,20H,7-8,10-11H2,1-2H3,(H,19,23)/t12-,13-/m0/s1. The van der Waals surface area contributed by atoms with Gasteiger partial charge in [0.05, 0.1) is 12.2 Å². The summed E-state index contributed by atoms with van der Waals surface area (Å²) in [5.41, 5.74) is 1.44. The van der Waals surface area contributed by atoms with E-state index in [9.17, 15) is 9.59 Å². The second-order valence-electron chi connectivity index (χ2n) is 6.33. The first-order valence-electron chi connectivity index (χ1n) is 8.32. The fraction of sp³-hybridized carbons (Fsp3) is 0.444. The minimum atomic E-state index is -0.192. The van der Waals surface area contributed by atoms with Gasteiger partial charge in [0.15, 0.2) is 0 Å². The van der Waals surface area contributed by atoms with E-state index in [0.29, 0.717) is 31.7 Å². The number of aromatic nitrogens is 1. The molecule has 24 heavy (non-hydrogen) atoms. The van der Waals surface area contributed by atoms with Crippen LogP contribution in [0.25, 0.3) is 10.9 Å². The molecule has 0 spiro atoms. The second kappa shape index (κ2) is 7.05. The number of morpholine rings is 1. The Morgan fingerprint density at radius 1 is 1.25 bits per heavy atom. The van der Waals surface area contributed by atoms with Crippen molar-refractivity contribution >= 4 is 22.7 Å². The highest BCUT2D eigenvalue weighted by Gasteiger charge is 2.25. The summed E-state index contributed by atoms with van der Waals surface area (Å²) in [5.74, 6) is -0.142. The Morgan fingerprint density at radius 3 is 2.67 bits per heavy atom. The van der Waals surface area contributed by atoms with E-state index in [1.807, 2.05) is 49.1 Å². The van der Waals surface area contributed by atoms with Crippen LogP contribution in [-0.4, -0.2) is 53.5 Å². The maximum Gasteiger partial charge on any atom is 0.267 e. The van der Waals surface area contributed by atoms with Crippen LogP contribution in [0, 0.1) is 0 Å². The second-order valence-corrected chi connectivity index (χ2v) is 6.33. The average Bonchev–Trinajstić information content (AvgIpc) is 2.98. The largest absolute Gasteiger partial charge is 0.372 e. The Labute approximate surface area is 141 Å². The lowest BCUT2D eigenvalue weighted by atomic mass is 10.2. The summed E-state index contributed by atoms with van der Waals surface area (Å²) in [6.07, 6.45) is 0.406. The van der Waals surface area contributed by atoms with Crippen LogP contribution < -0.4 is 5.32 Å². The molecule has 1 aromatic carbocycles. The Kier molecular flexibility index (Phi) is 4.85. The van der Waals surface area contributed by atoms with Gasteiger partial charge in [-0.15, -0.1) is 0 Å². The van der Waals surface area contributed by atoms with Crippen molar-refractivity contribution < 1.29 is 14.3 Å². The number of ether oxygens (including phenoxy) is 1. The summed E-state index contributed by atoms with van der Waals surface area (Å²) in [7, 11) is 0. The molecule has 1 saturated heterocycles. The zero-order chi connectivity index (χ0) is 17.1. The SMILES string of the molecule is C[C@H]1CN(C(=O)CCNC(=O)c2cc3ccccc3[nH]2)C[C@H](C)O1. The third-order valence-electron chi connectivity index (χ3n) is 4.17. The number of hydrogen-bond donors (Lipinski definition) is 2. The predicted octanol–water partition coefficient (Wildman–Crippen LogP) is 1.92. The maximum absolute atomic E-state index is 12.3. The summed E-state index contributed by atoms with van der Waals surface area (Å²) in [4.78, 5) is 29.3. The molecule has 1 aliphatic heterocycles. The van der Waals surface area contributed by atoms with Gasteiger partial charge in [0, 0.05) is 37.0 Å². The zero-order valence-electron chi connectivity index (χ0n) is 14.0. The van der Waals surface area contributed by atoms with Crippen molar-refractivity contribution in [2.45, 2.75) is 32.5 Å². The van der Waals surface area contributed by atoms with Gasteiger partial charge in [0.2, 0.25) is 5.91 Å². The van der Waals surface area contributed by atoms with Crippen molar-refractivity contribution in [1.82, 2.24) is 15.2 Å². The van der Waals surface area contributed by atoms with Gasteiger partial charge in [-0.05, 0) is 26.0 Å². The van der Waals surface area contributed by atoms with Gasteiger partial charge < -0.3 is 19.9 Å². The molecule has 1 aliphatic rings. The lowest BCUT2D eigenvalue weighted by Crippen LogP contribution is -2.48. The highest BCUT2D eigenvalue weighted by atomic mass is 16.5. The van der Waals surface area contributed by atoms with Crippen LogP contribution in [0.3, 0.4) is 0 Å². The van der Waals surface area contributed by atoms with E-state index < -0.39 is 0 Å². The zero-order valence-corrected chi connectivity index (χ0v) is 14.0. The molecule has 6 nitrogen and oxygen atoms in total. The topological polar surface area (TPSA) is 74.4 Å². The number of nitrogens with zero attached hydrogens (tertiary/aromatic N) is 1. The van der Waals surface area contributed by atoms with Crippen LogP contribution in [0.4, 0.5) is 0 Å². The van der Waals surface area contributed by atoms with Gasteiger partial charge in [0.25, 0.3) is 5.91 Å². The van der Waals surface area contributed by atoms with Gasteiger partial charge in [-0.3, -0.25) is 9.59 Å². The third kappa shape index (κ3) is 3.76. The van der Waals surface area contributed by atoms with E-state index in [1.54, 1.807) is 0 Å².